The lowest BCUT2D eigenvalue weighted by molar-refractivity contribution is -0.139. The Morgan fingerprint density at radius 3 is 2.28 bits per heavy atom. The van der Waals surface area contributed by atoms with Crippen molar-refractivity contribution in [2.45, 2.75) is 32.9 Å². The summed E-state index contributed by atoms with van der Waals surface area (Å²) >= 11 is 0. The molecule has 0 aliphatic heterocycles. The molecule has 202 valence electrons. The van der Waals surface area contributed by atoms with Gasteiger partial charge >= 0.3 is 5.97 Å². The van der Waals surface area contributed by atoms with Crippen molar-refractivity contribution in [2.24, 2.45) is 0 Å². The van der Waals surface area contributed by atoms with Gasteiger partial charge in [-0.3, -0.25) is 4.79 Å². The highest BCUT2D eigenvalue weighted by molar-refractivity contribution is 6.01. The van der Waals surface area contributed by atoms with E-state index in [2.05, 4.69) is 22.3 Å². The molecule has 0 fully saturated rings. The predicted molar refractivity (Wildman–Crippen MR) is 152 cm³/mol. The van der Waals surface area contributed by atoms with Crippen molar-refractivity contribution in [3.05, 3.63) is 100 Å². The molecule has 0 bridgehead atoms. The molecule has 2 N–H and O–H groups in total. The lowest BCUT2D eigenvalue weighted by Gasteiger charge is -2.21. The van der Waals surface area contributed by atoms with Crippen LogP contribution in [-0.2, 0) is 17.8 Å². The molecule has 0 aromatic heterocycles. The second-order valence-electron chi connectivity index (χ2n) is 10.0. The van der Waals surface area contributed by atoms with Crippen molar-refractivity contribution in [1.82, 2.24) is 10.2 Å². The Morgan fingerprint density at radius 2 is 1.62 bits per heavy atom. The van der Waals surface area contributed by atoms with Gasteiger partial charge < -0.3 is 20.1 Å². The minimum absolute atomic E-state index is 0.0339. The zero-order valence-corrected chi connectivity index (χ0v) is 22.8. The number of carbonyl (C=O) groups is 2. The third kappa shape index (κ3) is 5.78. The molecule has 0 aliphatic rings. The zero-order chi connectivity index (χ0) is 28.3. The van der Waals surface area contributed by atoms with Crippen molar-refractivity contribution >= 4 is 22.6 Å². The van der Waals surface area contributed by atoms with Gasteiger partial charge in [0.25, 0.3) is 5.91 Å². The Bertz CT molecular complexity index is 1530. The summed E-state index contributed by atoms with van der Waals surface area (Å²) < 4.78 is 20.3. The Kier molecular flexibility index (Phi) is 8.31. The summed E-state index contributed by atoms with van der Waals surface area (Å²) in [4.78, 5) is 27.2. The number of methoxy groups -OCH3 is 1. The van der Waals surface area contributed by atoms with E-state index in [4.69, 9.17) is 4.74 Å². The van der Waals surface area contributed by atoms with Crippen LogP contribution < -0.4 is 10.1 Å². The summed E-state index contributed by atoms with van der Waals surface area (Å²) in [6.07, 6.45) is 0.0339. The molecule has 39 heavy (non-hydrogen) atoms. The fourth-order valence-electron chi connectivity index (χ4n) is 5.10. The molecule has 4 rings (SSSR count). The molecule has 6 nitrogen and oxygen atoms in total. The van der Waals surface area contributed by atoms with Gasteiger partial charge in [0.15, 0.2) is 0 Å². The maximum atomic E-state index is 14.4. The normalized spacial score (nSPS) is 12.0. The number of aliphatic carboxylic acids is 1. The molecule has 1 amide bonds. The molecule has 0 saturated heterocycles. The van der Waals surface area contributed by atoms with Crippen LogP contribution in [0.25, 0.3) is 21.9 Å². The molecule has 7 heteroatoms. The molecule has 0 radical (unpaired) electrons. The Hall–Kier alpha value is -4.23. The molecule has 0 heterocycles. The molecule has 1 atom stereocenters. The average molecular weight is 529 g/mol. The average Bonchev–Trinajstić information content (AvgIpc) is 2.88. The monoisotopic (exact) mass is 528 g/mol. The lowest BCUT2D eigenvalue weighted by Crippen LogP contribution is -2.42. The van der Waals surface area contributed by atoms with E-state index >= 15 is 0 Å². The first-order valence-corrected chi connectivity index (χ1v) is 12.7. The molecule has 0 spiro atoms. The summed E-state index contributed by atoms with van der Waals surface area (Å²) in [5, 5.41) is 14.3. The van der Waals surface area contributed by atoms with Crippen LogP contribution in [0.15, 0.2) is 66.7 Å². The van der Waals surface area contributed by atoms with Crippen LogP contribution in [0.4, 0.5) is 4.39 Å². The number of amides is 1. The largest absolute Gasteiger partial charge is 0.496 e. The summed E-state index contributed by atoms with van der Waals surface area (Å²) in [5.74, 6) is -1.83. The highest BCUT2D eigenvalue weighted by Crippen LogP contribution is 2.40. The van der Waals surface area contributed by atoms with E-state index in [1.54, 1.807) is 20.1 Å². The number of halogens is 1. The Balaban J connectivity index is 1.76. The zero-order valence-electron chi connectivity index (χ0n) is 22.8. The molecule has 0 unspecified atom stereocenters. The van der Waals surface area contributed by atoms with Gasteiger partial charge in [-0.15, -0.1) is 0 Å². The summed E-state index contributed by atoms with van der Waals surface area (Å²) in [6, 6.07) is 18.9. The van der Waals surface area contributed by atoms with E-state index in [1.165, 1.54) is 12.1 Å². The minimum atomic E-state index is -1.24. The maximum Gasteiger partial charge on any atom is 0.326 e. The second kappa shape index (κ2) is 11.7. The van der Waals surface area contributed by atoms with E-state index < -0.39 is 23.7 Å². The third-order valence-corrected chi connectivity index (χ3v) is 6.90. The van der Waals surface area contributed by atoms with Crippen molar-refractivity contribution in [3.8, 4) is 16.9 Å². The first-order chi connectivity index (χ1) is 18.6. The molecule has 0 saturated carbocycles. The summed E-state index contributed by atoms with van der Waals surface area (Å²) in [6.45, 7) is 4.37. The summed E-state index contributed by atoms with van der Waals surface area (Å²) in [7, 11) is 5.69. The number of carboxylic acids is 1. The van der Waals surface area contributed by atoms with E-state index in [1.807, 2.05) is 57.4 Å². The molecule has 0 aliphatic carbocycles. The number of benzene rings is 4. The first-order valence-electron chi connectivity index (χ1n) is 12.7. The maximum absolute atomic E-state index is 14.4. The number of nitrogens with one attached hydrogen (secondary N) is 1. The number of rotatable bonds is 9. The SMILES string of the molecule is COc1c(CN(C)C)ccc(C)c1-c1cccc2c(C[C@H](NC(=O)c3c(C)cccc3F)C(=O)O)cccc12. The Morgan fingerprint density at radius 1 is 0.923 bits per heavy atom. The van der Waals surface area contributed by atoms with Crippen molar-refractivity contribution in [3.63, 3.8) is 0 Å². The predicted octanol–water partition coefficient (Wildman–Crippen LogP) is 5.76. The topological polar surface area (TPSA) is 78.9 Å². The van der Waals surface area contributed by atoms with Crippen LogP contribution in [0.5, 0.6) is 5.75 Å². The minimum Gasteiger partial charge on any atom is -0.496 e. The van der Waals surface area contributed by atoms with Crippen molar-refractivity contribution in [1.29, 1.82) is 0 Å². The lowest BCUT2D eigenvalue weighted by atomic mass is 9.90. The molecular weight excluding hydrogens is 495 g/mol. The number of hydrogen-bond donors (Lipinski definition) is 2. The van der Waals surface area contributed by atoms with Crippen LogP contribution >= 0.6 is 0 Å². The van der Waals surface area contributed by atoms with E-state index in [-0.39, 0.29) is 12.0 Å². The molecular formula is C32H33FN2O4. The summed E-state index contributed by atoms with van der Waals surface area (Å²) in [5.41, 5.74) is 5.13. The van der Waals surface area contributed by atoms with E-state index in [0.717, 1.165) is 44.3 Å². The number of hydrogen-bond acceptors (Lipinski definition) is 4. The Labute approximate surface area is 228 Å². The van der Waals surface area contributed by atoms with Gasteiger partial charge in [-0.25, -0.2) is 9.18 Å². The van der Waals surface area contributed by atoms with E-state index in [0.29, 0.717) is 12.1 Å². The first kappa shape index (κ1) is 27.8. The fraction of sp³-hybridized carbons (Fsp3) is 0.250. The van der Waals surface area contributed by atoms with Crippen LogP contribution in [0.3, 0.4) is 0 Å². The van der Waals surface area contributed by atoms with Gasteiger partial charge in [0.2, 0.25) is 0 Å². The van der Waals surface area contributed by atoms with E-state index in [9.17, 15) is 19.1 Å². The number of aryl methyl sites for hydroxylation is 2. The standard InChI is InChI=1S/C32H33FN2O4/c1-19-9-6-14-26(33)29(19)31(36)34-27(32(37)38)17-21-10-7-12-24-23(21)11-8-13-25(24)28-20(2)15-16-22(18-35(3)4)30(28)39-5/h6-16,27H,17-18H2,1-5H3,(H,34,36)(H,37,38)/t27-/m0/s1. The van der Waals surface area contributed by atoms with Crippen LogP contribution in [0.2, 0.25) is 0 Å². The van der Waals surface area contributed by atoms with Crippen LogP contribution in [0.1, 0.15) is 32.6 Å². The van der Waals surface area contributed by atoms with Gasteiger partial charge in [0.05, 0.1) is 12.7 Å². The molecule has 4 aromatic carbocycles. The smallest absolute Gasteiger partial charge is 0.326 e. The van der Waals surface area contributed by atoms with Crippen molar-refractivity contribution in [2.75, 3.05) is 21.2 Å². The van der Waals surface area contributed by atoms with Gasteiger partial charge in [0.1, 0.15) is 17.6 Å². The fourth-order valence-corrected chi connectivity index (χ4v) is 5.10. The number of carbonyl (C=O) groups excluding carboxylic acids is 1. The van der Waals surface area contributed by atoms with Gasteiger partial charge in [-0.1, -0.05) is 60.7 Å². The van der Waals surface area contributed by atoms with Gasteiger partial charge in [-0.2, -0.15) is 0 Å². The number of carboxylic acid groups (broad SMARTS) is 1. The number of nitrogens with zero attached hydrogens (tertiary/aromatic N) is 1. The van der Waals surface area contributed by atoms with Crippen LogP contribution in [-0.4, -0.2) is 49.1 Å². The van der Waals surface area contributed by atoms with Crippen LogP contribution in [0, 0.1) is 19.7 Å². The highest BCUT2D eigenvalue weighted by Gasteiger charge is 2.25. The van der Waals surface area contributed by atoms with Crippen molar-refractivity contribution < 1.29 is 23.8 Å². The second-order valence-corrected chi connectivity index (χ2v) is 10.0. The molecule has 4 aromatic rings. The quantitative estimate of drug-likeness (QED) is 0.289. The number of ether oxygens (including phenoxy) is 1. The van der Waals surface area contributed by atoms with Gasteiger partial charge in [0, 0.05) is 24.1 Å². The highest BCUT2D eigenvalue weighted by atomic mass is 19.1. The number of fused-ring (bicyclic) bond motifs is 1. The third-order valence-electron chi connectivity index (χ3n) is 6.90. The van der Waals surface area contributed by atoms with Gasteiger partial charge in [-0.05, 0) is 67.0 Å².